The van der Waals surface area contributed by atoms with Gasteiger partial charge >= 0.3 is 6.18 Å². The van der Waals surface area contributed by atoms with E-state index in [1.54, 1.807) is 0 Å². The number of hydrogen-bond donors (Lipinski definition) is 2. The largest absolute Gasteiger partial charge is 0.417 e. The number of carbonyl (C=O) groups is 2. The summed E-state index contributed by atoms with van der Waals surface area (Å²) in [7, 11) is 1.49. The van der Waals surface area contributed by atoms with E-state index in [0.29, 0.717) is 5.56 Å². The summed E-state index contributed by atoms with van der Waals surface area (Å²) in [6, 6.07) is 5.81. The Kier molecular flexibility index (Phi) is 6.32. The minimum atomic E-state index is -4.61. The van der Waals surface area contributed by atoms with Crippen molar-refractivity contribution in [3.63, 3.8) is 0 Å². The van der Waals surface area contributed by atoms with Crippen LogP contribution in [0.4, 0.5) is 24.7 Å². The number of rotatable bonds is 5. The minimum absolute atomic E-state index is 0.117. The van der Waals surface area contributed by atoms with E-state index in [1.807, 2.05) is 0 Å². The number of Topliss-reactive ketones (excluding diaryl/α,β-unsaturated/α-hetero) is 1. The van der Waals surface area contributed by atoms with Gasteiger partial charge in [-0.25, -0.2) is 4.98 Å². The first kappa shape index (κ1) is 23.7. The standard InChI is InChI=1S/C22H19ClF3N5O3/c1-34-10-13-7-14(11-2-4-15(16(23)6-11)22(24,25)26)20(32)19-17(9-29-31(13)19)30-21(33)12-3-5-18(27)28-8-12/h2-6,8-9,13-14H,7,10H2,1H3,(H2,27,28)(H,30,33)/t13-,14?/m1/s1. The Bertz CT molecular complexity index is 1240. The van der Waals surface area contributed by atoms with Gasteiger partial charge in [-0.2, -0.15) is 18.3 Å². The van der Waals surface area contributed by atoms with Crippen molar-refractivity contribution in [2.24, 2.45) is 0 Å². The summed E-state index contributed by atoms with van der Waals surface area (Å²) in [6.45, 7) is 0.197. The molecule has 0 saturated heterocycles. The summed E-state index contributed by atoms with van der Waals surface area (Å²) in [4.78, 5) is 30.0. The number of alkyl halides is 3. The third-order valence-electron chi connectivity index (χ3n) is 5.56. The molecular weight excluding hydrogens is 475 g/mol. The highest BCUT2D eigenvalue weighted by Crippen LogP contribution is 2.41. The fraction of sp³-hybridized carbons (Fsp3) is 0.273. The van der Waals surface area contributed by atoms with Crippen LogP contribution in [0.2, 0.25) is 5.02 Å². The normalized spacial score (nSPS) is 18.0. The predicted molar refractivity (Wildman–Crippen MR) is 118 cm³/mol. The topological polar surface area (TPSA) is 112 Å². The molecule has 2 aromatic heterocycles. The quantitative estimate of drug-likeness (QED) is 0.546. The number of hydrogen-bond acceptors (Lipinski definition) is 6. The van der Waals surface area contributed by atoms with Crippen LogP contribution in [0.1, 0.15) is 50.4 Å². The van der Waals surface area contributed by atoms with Gasteiger partial charge in [0, 0.05) is 13.3 Å². The van der Waals surface area contributed by atoms with Crippen molar-refractivity contribution in [1.82, 2.24) is 14.8 Å². The van der Waals surface area contributed by atoms with E-state index >= 15 is 0 Å². The molecule has 0 spiro atoms. The van der Waals surface area contributed by atoms with Gasteiger partial charge in [-0.05, 0) is 36.2 Å². The zero-order chi connectivity index (χ0) is 24.6. The van der Waals surface area contributed by atoms with Crippen LogP contribution in [0, 0.1) is 0 Å². The molecule has 34 heavy (non-hydrogen) atoms. The van der Waals surface area contributed by atoms with E-state index in [0.717, 1.165) is 12.1 Å². The fourth-order valence-electron chi connectivity index (χ4n) is 3.95. The van der Waals surface area contributed by atoms with E-state index in [1.165, 1.54) is 42.4 Å². The second-order valence-electron chi connectivity index (χ2n) is 7.78. The molecule has 2 atom stereocenters. The molecule has 1 aliphatic rings. The number of amides is 1. The van der Waals surface area contributed by atoms with E-state index in [-0.39, 0.29) is 35.8 Å². The summed E-state index contributed by atoms with van der Waals surface area (Å²) < 4.78 is 46.1. The Labute approximate surface area is 196 Å². The molecule has 1 amide bonds. The van der Waals surface area contributed by atoms with Gasteiger partial charge in [0.1, 0.15) is 11.5 Å². The third-order valence-corrected chi connectivity index (χ3v) is 5.87. The Morgan fingerprint density at radius 3 is 2.68 bits per heavy atom. The Balaban J connectivity index is 1.69. The predicted octanol–water partition coefficient (Wildman–Crippen LogP) is 4.34. The van der Waals surface area contributed by atoms with Gasteiger partial charge in [-0.1, -0.05) is 17.7 Å². The Morgan fingerprint density at radius 2 is 2.06 bits per heavy atom. The highest BCUT2D eigenvalue weighted by molar-refractivity contribution is 6.31. The van der Waals surface area contributed by atoms with Crippen molar-refractivity contribution in [3.05, 3.63) is 70.1 Å². The summed E-state index contributed by atoms with van der Waals surface area (Å²) in [6.07, 6.45) is -1.74. The maximum atomic E-state index is 13.5. The van der Waals surface area contributed by atoms with Gasteiger partial charge in [0.2, 0.25) is 0 Å². The van der Waals surface area contributed by atoms with Crippen molar-refractivity contribution in [1.29, 1.82) is 0 Å². The number of halogens is 4. The van der Waals surface area contributed by atoms with Crippen LogP contribution in [-0.2, 0) is 10.9 Å². The van der Waals surface area contributed by atoms with Crippen LogP contribution in [-0.4, -0.2) is 40.2 Å². The summed E-state index contributed by atoms with van der Waals surface area (Å²) in [5.41, 5.74) is 5.39. The van der Waals surface area contributed by atoms with E-state index < -0.39 is 40.4 Å². The Morgan fingerprint density at radius 1 is 1.29 bits per heavy atom. The average molecular weight is 494 g/mol. The summed E-state index contributed by atoms with van der Waals surface area (Å²) >= 11 is 5.89. The highest BCUT2D eigenvalue weighted by Gasteiger charge is 2.39. The first-order chi connectivity index (χ1) is 16.1. The molecule has 1 aliphatic heterocycles. The van der Waals surface area contributed by atoms with Gasteiger partial charge in [0.25, 0.3) is 5.91 Å². The number of benzene rings is 1. The van der Waals surface area contributed by atoms with Crippen LogP contribution >= 0.6 is 11.6 Å². The van der Waals surface area contributed by atoms with Crippen molar-refractivity contribution >= 4 is 34.8 Å². The second-order valence-corrected chi connectivity index (χ2v) is 8.18. The molecule has 0 fully saturated rings. The third kappa shape index (κ3) is 4.48. The van der Waals surface area contributed by atoms with Crippen LogP contribution in [0.25, 0.3) is 0 Å². The van der Waals surface area contributed by atoms with E-state index in [4.69, 9.17) is 22.1 Å². The average Bonchev–Trinajstić information content (AvgIpc) is 3.19. The zero-order valence-electron chi connectivity index (χ0n) is 17.8. The smallest absolute Gasteiger partial charge is 0.384 e. The zero-order valence-corrected chi connectivity index (χ0v) is 18.5. The highest BCUT2D eigenvalue weighted by atomic mass is 35.5. The molecule has 1 unspecified atom stereocenters. The lowest BCUT2D eigenvalue weighted by Gasteiger charge is -2.30. The number of fused-ring (bicyclic) bond motifs is 1. The number of anilines is 2. The van der Waals surface area contributed by atoms with Crippen molar-refractivity contribution < 1.29 is 27.5 Å². The molecule has 4 rings (SSSR count). The van der Waals surface area contributed by atoms with Crippen LogP contribution in [0.3, 0.4) is 0 Å². The molecule has 0 saturated carbocycles. The fourth-order valence-corrected chi connectivity index (χ4v) is 4.25. The lowest BCUT2D eigenvalue weighted by Crippen LogP contribution is -2.32. The second kappa shape index (κ2) is 9.07. The maximum absolute atomic E-state index is 13.5. The SMILES string of the molecule is COC[C@H]1CC(c2ccc(C(F)(F)F)c(Cl)c2)C(=O)c2c(NC(=O)c3ccc(N)nc3)cnn21. The summed E-state index contributed by atoms with van der Waals surface area (Å²) in [5.74, 6) is -1.50. The molecule has 0 radical (unpaired) electrons. The monoisotopic (exact) mass is 493 g/mol. The molecule has 3 heterocycles. The number of aromatic nitrogens is 3. The first-order valence-electron chi connectivity index (χ1n) is 10.1. The van der Waals surface area contributed by atoms with E-state index in [9.17, 15) is 22.8 Å². The van der Waals surface area contributed by atoms with Crippen molar-refractivity contribution in [2.75, 3.05) is 24.8 Å². The molecular formula is C22H19ClF3N5O3. The molecule has 12 heteroatoms. The van der Waals surface area contributed by atoms with Gasteiger partial charge in [-0.15, -0.1) is 0 Å². The van der Waals surface area contributed by atoms with Gasteiger partial charge in [-0.3, -0.25) is 14.3 Å². The molecule has 0 bridgehead atoms. The summed E-state index contributed by atoms with van der Waals surface area (Å²) in [5, 5.41) is 6.41. The lowest BCUT2D eigenvalue weighted by atomic mass is 9.83. The van der Waals surface area contributed by atoms with Gasteiger partial charge in [0.05, 0.1) is 46.6 Å². The van der Waals surface area contributed by atoms with Gasteiger partial charge in [0.15, 0.2) is 5.78 Å². The number of ether oxygens (including phenoxy) is 1. The minimum Gasteiger partial charge on any atom is -0.384 e. The molecule has 178 valence electrons. The number of pyridine rings is 1. The number of nitrogens with zero attached hydrogens (tertiary/aromatic N) is 3. The molecule has 8 nitrogen and oxygen atoms in total. The maximum Gasteiger partial charge on any atom is 0.417 e. The first-order valence-corrected chi connectivity index (χ1v) is 10.5. The number of ketones is 1. The van der Waals surface area contributed by atoms with Crippen molar-refractivity contribution in [3.8, 4) is 0 Å². The number of methoxy groups -OCH3 is 1. The van der Waals surface area contributed by atoms with E-state index in [2.05, 4.69) is 15.4 Å². The van der Waals surface area contributed by atoms with Crippen LogP contribution in [0.15, 0.2) is 42.7 Å². The number of nitrogens with two attached hydrogens (primary N) is 1. The van der Waals surface area contributed by atoms with Crippen molar-refractivity contribution in [2.45, 2.75) is 24.6 Å². The van der Waals surface area contributed by atoms with Crippen LogP contribution in [0.5, 0.6) is 0 Å². The lowest BCUT2D eigenvalue weighted by molar-refractivity contribution is -0.137. The number of carbonyl (C=O) groups excluding carboxylic acids is 2. The molecule has 3 N–H and O–H groups in total. The Hall–Kier alpha value is -3.44. The van der Waals surface area contributed by atoms with Gasteiger partial charge < -0.3 is 15.8 Å². The molecule has 1 aromatic carbocycles. The molecule has 3 aromatic rings. The number of nitrogen functional groups attached to an aromatic ring is 1. The molecule has 0 aliphatic carbocycles. The number of nitrogens with one attached hydrogen (secondary N) is 1. The van der Waals surface area contributed by atoms with Crippen LogP contribution < -0.4 is 11.1 Å².